The molecule has 0 bridgehead atoms. The Hall–Kier alpha value is -2.95. The summed E-state index contributed by atoms with van der Waals surface area (Å²) in [4.78, 5) is 4.41. The van der Waals surface area contributed by atoms with Crippen LogP contribution in [0, 0.1) is 0 Å². The summed E-state index contributed by atoms with van der Waals surface area (Å²) in [5, 5.41) is 0.860. The SMILES string of the molecule is COc1ccc(-c2ccnc3c(OC)ccc(N)c23)cc1OC. The van der Waals surface area contributed by atoms with E-state index in [1.54, 1.807) is 27.5 Å². The van der Waals surface area contributed by atoms with Crippen LogP contribution in [0.3, 0.4) is 0 Å². The van der Waals surface area contributed by atoms with E-state index < -0.39 is 0 Å². The van der Waals surface area contributed by atoms with E-state index in [1.807, 2.05) is 36.4 Å². The van der Waals surface area contributed by atoms with Gasteiger partial charge in [0.1, 0.15) is 11.3 Å². The van der Waals surface area contributed by atoms with E-state index >= 15 is 0 Å². The second-order valence-electron chi connectivity index (χ2n) is 5.01. The Morgan fingerprint density at radius 2 is 1.52 bits per heavy atom. The van der Waals surface area contributed by atoms with Gasteiger partial charge in [0.25, 0.3) is 0 Å². The summed E-state index contributed by atoms with van der Waals surface area (Å²) in [6.07, 6.45) is 1.75. The fraction of sp³-hybridized carbons (Fsp3) is 0.167. The molecule has 1 aromatic heterocycles. The third-order valence-corrected chi connectivity index (χ3v) is 3.80. The van der Waals surface area contributed by atoms with Gasteiger partial charge in [0.05, 0.1) is 21.3 Å². The van der Waals surface area contributed by atoms with Crippen molar-refractivity contribution in [2.75, 3.05) is 27.1 Å². The number of ether oxygens (including phenoxy) is 3. The minimum absolute atomic E-state index is 0.652. The van der Waals surface area contributed by atoms with Crippen molar-refractivity contribution >= 4 is 16.6 Å². The van der Waals surface area contributed by atoms with Gasteiger partial charge in [-0.25, -0.2) is 0 Å². The molecule has 0 spiro atoms. The molecule has 3 aromatic rings. The maximum Gasteiger partial charge on any atom is 0.161 e. The summed E-state index contributed by atoms with van der Waals surface area (Å²) in [6.45, 7) is 0. The maximum atomic E-state index is 6.19. The summed E-state index contributed by atoms with van der Waals surface area (Å²) in [6, 6.07) is 11.3. The van der Waals surface area contributed by atoms with Crippen LogP contribution in [0.5, 0.6) is 17.2 Å². The van der Waals surface area contributed by atoms with Crippen molar-refractivity contribution in [1.82, 2.24) is 4.98 Å². The Labute approximate surface area is 134 Å². The van der Waals surface area contributed by atoms with Crippen molar-refractivity contribution in [2.45, 2.75) is 0 Å². The predicted octanol–water partition coefficient (Wildman–Crippen LogP) is 3.51. The molecule has 0 aliphatic heterocycles. The van der Waals surface area contributed by atoms with E-state index in [2.05, 4.69) is 4.98 Å². The number of pyridine rings is 1. The molecule has 0 unspecified atom stereocenters. The summed E-state index contributed by atoms with van der Waals surface area (Å²) >= 11 is 0. The first-order valence-corrected chi connectivity index (χ1v) is 7.13. The average molecular weight is 310 g/mol. The first-order valence-electron chi connectivity index (χ1n) is 7.13. The minimum Gasteiger partial charge on any atom is -0.494 e. The largest absolute Gasteiger partial charge is 0.494 e. The predicted molar refractivity (Wildman–Crippen MR) is 91.2 cm³/mol. The normalized spacial score (nSPS) is 10.6. The van der Waals surface area contributed by atoms with E-state index in [4.69, 9.17) is 19.9 Å². The zero-order chi connectivity index (χ0) is 16.4. The lowest BCUT2D eigenvalue weighted by Crippen LogP contribution is -1.95. The number of nitrogen functional groups attached to an aromatic ring is 1. The van der Waals surface area contributed by atoms with Gasteiger partial charge in [-0.05, 0) is 41.5 Å². The Balaban J connectivity index is 2.28. The lowest BCUT2D eigenvalue weighted by atomic mass is 9.99. The number of anilines is 1. The molecular formula is C18H18N2O3. The van der Waals surface area contributed by atoms with Gasteiger partial charge in [0.2, 0.25) is 0 Å². The summed E-state index contributed by atoms with van der Waals surface area (Å²) < 4.78 is 16.1. The van der Waals surface area contributed by atoms with Gasteiger partial charge < -0.3 is 19.9 Å². The Kier molecular flexibility index (Phi) is 3.93. The number of methoxy groups -OCH3 is 3. The molecule has 23 heavy (non-hydrogen) atoms. The molecule has 2 aromatic carbocycles. The molecule has 0 aliphatic rings. The Morgan fingerprint density at radius 3 is 2.22 bits per heavy atom. The number of aromatic nitrogens is 1. The van der Waals surface area contributed by atoms with Crippen LogP contribution in [0.15, 0.2) is 42.6 Å². The van der Waals surface area contributed by atoms with Crippen molar-refractivity contribution in [2.24, 2.45) is 0 Å². The van der Waals surface area contributed by atoms with E-state index in [0.717, 1.165) is 22.0 Å². The van der Waals surface area contributed by atoms with Crippen LogP contribution < -0.4 is 19.9 Å². The highest BCUT2D eigenvalue weighted by atomic mass is 16.5. The van der Waals surface area contributed by atoms with Crippen LogP contribution in [0.25, 0.3) is 22.0 Å². The van der Waals surface area contributed by atoms with Gasteiger partial charge in [-0.1, -0.05) is 6.07 Å². The molecule has 3 rings (SSSR count). The van der Waals surface area contributed by atoms with Gasteiger partial charge in [0.15, 0.2) is 11.5 Å². The smallest absolute Gasteiger partial charge is 0.161 e. The zero-order valence-corrected chi connectivity index (χ0v) is 13.3. The lowest BCUT2D eigenvalue weighted by molar-refractivity contribution is 0.355. The highest BCUT2D eigenvalue weighted by Gasteiger charge is 2.13. The summed E-state index contributed by atoms with van der Waals surface area (Å²) in [7, 11) is 4.85. The van der Waals surface area contributed by atoms with Gasteiger partial charge in [-0.15, -0.1) is 0 Å². The fourth-order valence-corrected chi connectivity index (χ4v) is 2.68. The van der Waals surface area contributed by atoms with Crippen molar-refractivity contribution in [3.63, 3.8) is 0 Å². The Morgan fingerprint density at radius 1 is 0.826 bits per heavy atom. The lowest BCUT2D eigenvalue weighted by Gasteiger charge is -2.13. The number of nitrogens with zero attached hydrogens (tertiary/aromatic N) is 1. The fourth-order valence-electron chi connectivity index (χ4n) is 2.68. The average Bonchev–Trinajstić information content (AvgIpc) is 2.61. The Bertz CT molecular complexity index is 862. The van der Waals surface area contributed by atoms with Crippen molar-refractivity contribution in [3.05, 3.63) is 42.6 Å². The second kappa shape index (κ2) is 6.04. The van der Waals surface area contributed by atoms with Crippen molar-refractivity contribution in [3.8, 4) is 28.4 Å². The van der Waals surface area contributed by atoms with Crippen LogP contribution in [-0.4, -0.2) is 26.3 Å². The second-order valence-corrected chi connectivity index (χ2v) is 5.01. The van der Waals surface area contributed by atoms with Gasteiger partial charge in [0, 0.05) is 17.3 Å². The summed E-state index contributed by atoms with van der Waals surface area (Å²) in [5.74, 6) is 2.04. The van der Waals surface area contributed by atoms with Gasteiger partial charge in [-0.3, -0.25) is 4.98 Å². The molecule has 118 valence electrons. The molecule has 0 saturated carbocycles. The molecule has 0 radical (unpaired) electrons. The molecule has 1 heterocycles. The van der Waals surface area contributed by atoms with E-state index in [0.29, 0.717) is 22.9 Å². The topological polar surface area (TPSA) is 66.6 Å². The van der Waals surface area contributed by atoms with Gasteiger partial charge >= 0.3 is 0 Å². The number of hydrogen-bond donors (Lipinski definition) is 1. The number of hydrogen-bond acceptors (Lipinski definition) is 5. The van der Waals surface area contributed by atoms with Crippen LogP contribution in [0.2, 0.25) is 0 Å². The monoisotopic (exact) mass is 310 g/mol. The van der Waals surface area contributed by atoms with Crippen LogP contribution in [-0.2, 0) is 0 Å². The van der Waals surface area contributed by atoms with Crippen LogP contribution in [0.1, 0.15) is 0 Å². The number of rotatable bonds is 4. The van der Waals surface area contributed by atoms with E-state index in [1.165, 1.54) is 0 Å². The van der Waals surface area contributed by atoms with Crippen LogP contribution in [0.4, 0.5) is 5.69 Å². The molecule has 2 N–H and O–H groups in total. The molecular weight excluding hydrogens is 292 g/mol. The molecule has 0 saturated heterocycles. The maximum absolute atomic E-state index is 6.19. The highest BCUT2D eigenvalue weighted by Crippen LogP contribution is 2.38. The van der Waals surface area contributed by atoms with Crippen LogP contribution >= 0.6 is 0 Å². The quantitative estimate of drug-likeness (QED) is 0.747. The molecule has 0 amide bonds. The number of fused-ring (bicyclic) bond motifs is 1. The van der Waals surface area contributed by atoms with Crippen molar-refractivity contribution in [1.29, 1.82) is 0 Å². The number of benzene rings is 2. The summed E-state index contributed by atoms with van der Waals surface area (Å²) in [5.41, 5.74) is 9.51. The number of nitrogens with two attached hydrogens (primary N) is 1. The van der Waals surface area contributed by atoms with E-state index in [-0.39, 0.29) is 0 Å². The molecule has 0 atom stereocenters. The third kappa shape index (κ3) is 2.50. The van der Waals surface area contributed by atoms with Crippen molar-refractivity contribution < 1.29 is 14.2 Å². The zero-order valence-electron chi connectivity index (χ0n) is 13.3. The standard InChI is InChI=1S/C18H18N2O3/c1-21-14-6-4-11(10-16(14)23-3)12-8-9-20-18-15(22-2)7-5-13(19)17(12)18/h4-10H,19H2,1-3H3. The molecule has 0 aliphatic carbocycles. The minimum atomic E-state index is 0.652. The van der Waals surface area contributed by atoms with Gasteiger partial charge in [-0.2, -0.15) is 0 Å². The highest BCUT2D eigenvalue weighted by molar-refractivity contribution is 6.04. The third-order valence-electron chi connectivity index (χ3n) is 3.80. The molecule has 5 nitrogen and oxygen atoms in total. The van der Waals surface area contributed by atoms with E-state index in [9.17, 15) is 0 Å². The molecule has 0 fully saturated rings. The first kappa shape index (κ1) is 15.0. The molecule has 5 heteroatoms. The first-order chi connectivity index (χ1) is 11.2.